The molecule has 0 aromatic carbocycles. The van der Waals surface area contributed by atoms with Crippen molar-refractivity contribution in [2.24, 2.45) is 5.92 Å². The van der Waals surface area contributed by atoms with Crippen molar-refractivity contribution in [1.29, 1.82) is 0 Å². The first kappa shape index (κ1) is 59.1. The third kappa shape index (κ3) is 102. The molecule has 0 aliphatic carbocycles. The molecule has 0 atom stereocenters. The van der Waals surface area contributed by atoms with E-state index in [1.165, 1.54) is 12.8 Å². The molecule has 0 heterocycles. The molecule has 0 saturated carbocycles. The van der Waals surface area contributed by atoms with E-state index in [0.717, 1.165) is 5.92 Å². The van der Waals surface area contributed by atoms with Crippen LogP contribution in [0.2, 0.25) is 0 Å². The second-order valence-electron chi connectivity index (χ2n) is 2.18. The van der Waals surface area contributed by atoms with Crippen molar-refractivity contribution in [3.05, 3.63) is 14.9 Å². The van der Waals surface area contributed by atoms with Gasteiger partial charge in [-0.3, -0.25) is 0 Å². The van der Waals surface area contributed by atoms with Gasteiger partial charge in [0.25, 0.3) is 0 Å². The van der Waals surface area contributed by atoms with Crippen LogP contribution in [0.5, 0.6) is 0 Å². The molecule has 94 valence electrons. The molecular weight excluding hydrogens is 500 g/mol. The number of rotatable bonds is 2. The SMILES string of the molecule is CC.CC.CCCC(C)C.[CH3-].[CH3-].[Y].[Y].[Y].[Y]. The van der Waals surface area contributed by atoms with Crippen molar-refractivity contribution in [3.8, 4) is 0 Å². The zero-order chi connectivity index (χ0) is 8.99. The van der Waals surface area contributed by atoms with E-state index in [-0.39, 0.29) is 146 Å². The normalized spacial score (nSPS) is 4.50. The Labute approximate surface area is 208 Å². The monoisotopic (exact) mass is 532 g/mol. The average Bonchev–Trinajstić information content (AvgIpc) is 1.96. The summed E-state index contributed by atoms with van der Waals surface area (Å²) < 4.78 is 0. The van der Waals surface area contributed by atoms with Gasteiger partial charge in [-0.25, -0.2) is 0 Å². The van der Waals surface area contributed by atoms with Gasteiger partial charge in [-0.2, -0.15) is 0 Å². The molecule has 4 radical (unpaired) electrons. The minimum absolute atomic E-state index is 0. The largest absolute Gasteiger partial charge is 0.358 e. The molecule has 0 aliphatic rings. The quantitative estimate of drug-likeness (QED) is 0.419. The summed E-state index contributed by atoms with van der Waals surface area (Å²) >= 11 is 0. The summed E-state index contributed by atoms with van der Waals surface area (Å²) in [4.78, 5) is 0. The van der Waals surface area contributed by atoms with E-state index in [1.54, 1.807) is 0 Å². The molecule has 0 N–H and O–H groups in total. The Kier molecular flexibility index (Phi) is 274. The second kappa shape index (κ2) is 74.3. The summed E-state index contributed by atoms with van der Waals surface area (Å²) in [6.07, 6.45) is 2.71. The Bertz CT molecular complexity index is 34.2. The molecule has 0 rings (SSSR count). The number of hydrogen-bond donors (Lipinski definition) is 0. The minimum atomic E-state index is 0. The van der Waals surface area contributed by atoms with Gasteiger partial charge in [0.05, 0.1) is 0 Å². The van der Waals surface area contributed by atoms with Crippen LogP contribution in [0.25, 0.3) is 0 Å². The van der Waals surface area contributed by atoms with Crippen LogP contribution in [0, 0.1) is 20.8 Å². The summed E-state index contributed by atoms with van der Waals surface area (Å²) in [6, 6.07) is 0. The molecule has 16 heavy (non-hydrogen) atoms. The Balaban J connectivity index is -0.00000000643. The van der Waals surface area contributed by atoms with Gasteiger partial charge in [0, 0.05) is 131 Å². The topological polar surface area (TPSA) is 0 Å². The van der Waals surface area contributed by atoms with Crippen molar-refractivity contribution >= 4 is 0 Å². The fourth-order valence-corrected chi connectivity index (χ4v) is 0.577. The van der Waals surface area contributed by atoms with Gasteiger partial charge in [0.2, 0.25) is 0 Å². The standard InChI is InChI=1S/C6H14.2C2H6.2CH3.4Y/c1-4-5-6(2)3;2*1-2;;;;;;/h6H,4-5H2,1-3H3;2*1-2H3;2*1H3;;;;/q;;;2*-1;;;;. The maximum Gasteiger partial charge on any atom is 0 e. The van der Waals surface area contributed by atoms with Gasteiger partial charge >= 0.3 is 0 Å². The Morgan fingerprint density at radius 1 is 0.688 bits per heavy atom. The molecule has 0 nitrogen and oxygen atoms in total. The van der Waals surface area contributed by atoms with Crippen LogP contribution in [0.3, 0.4) is 0 Å². The maximum atomic E-state index is 2.25. The van der Waals surface area contributed by atoms with E-state index < -0.39 is 0 Å². The van der Waals surface area contributed by atoms with Crippen molar-refractivity contribution < 1.29 is 131 Å². The first-order valence-electron chi connectivity index (χ1n) is 4.77. The Hall–Kier alpha value is 4.42. The third-order valence-electron chi connectivity index (χ3n) is 0.866. The smallest absolute Gasteiger partial charge is 0 e. The Morgan fingerprint density at radius 3 is 0.875 bits per heavy atom. The van der Waals surface area contributed by atoms with Gasteiger partial charge in [0.15, 0.2) is 0 Å². The Morgan fingerprint density at radius 2 is 0.875 bits per heavy atom. The maximum absolute atomic E-state index is 2.25. The van der Waals surface area contributed by atoms with Gasteiger partial charge < -0.3 is 14.9 Å². The molecule has 4 heteroatoms. The first-order chi connectivity index (χ1) is 4.77. The van der Waals surface area contributed by atoms with Crippen LogP contribution in [-0.4, -0.2) is 0 Å². The van der Waals surface area contributed by atoms with Gasteiger partial charge in [-0.15, -0.1) is 0 Å². The van der Waals surface area contributed by atoms with E-state index >= 15 is 0 Å². The van der Waals surface area contributed by atoms with Crippen LogP contribution < -0.4 is 0 Å². The minimum Gasteiger partial charge on any atom is -0.358 e. The summed E-state index contributed by atoms with van der Waals surface area (Å²) in [5.41, 5.74) is 0. The van der Waals surface area contributed by atoms with Crippen molar-refractivity contribution in [3.63, 3.8) is 0 Å². The molecule has 0 aromatic rings. The van der Waals surface area contributed by atoms with E-state index in [1.807, 2.05) is 27.7 Å². The zero-order valence-corrected chi connectivity index (χ0v) is 24.7. The molecule has 0 bridgehead atoms. The molecule has 0 aliphatic heterocycles. The fraction of sp³-hybridized carbons (Fsp3) is 0.833. The van der Waals surface area contributed by atoms with Crippen molar-refractivity contribution in [2.75, 3.05) is 0 Å². The summed E-state index contributed by atoms with van der Waals surface area (Å²) in [7, 11) is 0. The first-order valence-corrected chi connectivity index (χ1v) is 4.77. The van der Waals surface area contributed by atoms with Gasteiger partial charge in [0.1, 0.15) is 0 Å². The van der Waals surface area contributed by atoms with Crippen LogP contribution in [0.15, 0.2) is 0 Å². The molecule has 0 spiro atoms. The molecular formula is C12H32Y4-2. The van der Waals surface area contributed by atoms with Crippen LogP contribution in [0.4, 0.5) is 0 Å². The summed E-state index contributed by atoms with van der Waals surface area (Å²) in [5, 5.41) is 0. The van der Waals surface area contributed by atoms with E-state index in [9.17, 15) is 0 Å². The second-order valence-corrected chi connectivity index (χ2v) is 2.18. The zero-order valence-electron chi connectivity index (χ0n) is 13.3. The van der Waals surface area contributed by atoms with Crippen molar-refractivity contribution in [2.45, 2.75) is 61.3 Å². The molecule has 0 amide bonds. The number of hydrogen-bond acceptors (Lipinski definition) is 0. The third-order valence-corrected chi connectivity index (χ3v) is 0.866. The molecule has 0 aromatic heterocycles. The average molecular weight is 532 g/mol. The predicted octanol–water partition coefficient (Wildman–Crippen LogP) is 5.39. The molecule has 0 fully saturated rings. The van der Waals surface area contributed by atoms with Gasteiger partial charge in [-0.1, -0.05) is 61.3 Å². The van der Waals surface area contributed by atoms with Crippen LogP contribution >= 0.6 is 0 Å². The van der Waals surface area contributed by atoms with Crippen LogP contribution in [-0.2, 0) is 131 Å². The molecule has 0 saturated heterocycles. The van der Waals surface area contributed by atoms with E-state index in [2.05, 4.69) is 20.8 Å². The summed E-state index contributed by atoms with van der Waals surface area (Å²) in [5.74, 6) is 0.898. The van der Waals surface area contributed by atoms with E-state index in [0.29, 0.717) is 0 Å². The van der Waals surface area contributed by atoms with Crippen molar-refractivity contribution in [1.82, 2.24) is 0 Å². The van der Waals surface area contributed by atoms with Gasteiger partial charge in [-0.05, 0) is 5.92 Å². The fourth-order valence-electron chi connectivity index (χ4n) is 0.577. The summed E-state index contributed by atoms with van der Waals surface area (Å²) in [6.45, 7) is 14.7. The van der Waals surface area contributed by atoms with E-state index in [4.69, 9.17) is 0 Å². The van der Waals surface area contributed by atoms with Crippen LogP contribution in [0.1, 0.15) is 61.3 Å². The molecule has 0 unspecified atom stereocenters. The predicted molar refractivity (Wildman–Crippen MR) is 65.3 cm³/mol.